The molecular weight excluding hydrogens is 469 g/mol. The molecular formula is C23H29ClFN3O4S. The van der Waals surface area contributed by atoms with E-state index >= 15 is 0 Å². The molecule has 0 aliphatic carbocycles. The van der Waals surface area contributed by atoms with Crippen LogP contribution in [0.2, 0.25) is 0 Å². The summed E-state index contributed by atoms with van der Waals surface area (Å²) in [7, 11) is -3.27. The van der Waals surface area contributed by atoms with Gasteiger partial charge in [0.25, 0.3) is 0 Å². The Bertz CT molecular complexity index is 1080. The second kappa shape index (κ2) is 10.7. The first kappa shape index (κ1) is 25.3. The predicted octanol–water partition coefficient (Wildman–Crippen LogP) is 3.27. The van der Waals surface area contributed by atoms with Crippen molar-refractivity contribution in [2.24, 2.45) is 0 Å². The number of likely N-dealkylation sites (tertiary alicyclic amines) is 1. The fraction of sp³-hybridized carbons (Fsp3) is 0.435. The van der Waals surface area contributed by atoms with Crippen molar-refractivity contribution in [2.45, 2.75) is 30.2 Å². The number of piperidine rings is 1. The van der Waals surface area contributed by atoms with Crippen molar-refractivity contribution in [3.63, 3.8) is 0 Å². The lowest BCUT2D eigenvalue weighted by Gasteiger charge is -2.34. The van der Waals surface area contributed by atoms with Gasteiger partial charge in [0.05, 0.1) is 4.90 Å². The normalized spacial score (nSPS) is 18.4. The second-order valence-electron chi connectivity index (χ2n) is 8.36. The summed E-state index contributed by atoms with van der Waals surface area (Å²) in [6, 6.07) is 10.8. The minimum atomic E-state index is -3.27. The Morgan fingerprint density at radius 3 is 2.67 bits per heavy atom. The fourth-order valence-corrected chi connectivity index (χ4v) is 4.94. The molecule has 33 heavy (non-hydrogen) atoms. The van der Waals surface area contributed by atoms with Gasteiger partial charge in [0, 0.05) is 37.6 Å². The molecule has 0 saturated carbocycles. The van der Waals surface area contributed by atoms with Crippen LogP contribution in [-0.2, 0) is 16.3 Å². The van der Waals surface area contributed by atoms with Crippen LogP contribution in [-0.4, -0.2) is 64.4 Å². The Balaban J connectivity index is 0.00000306. The van der Waals surface area contributed by atoms with Gasteiger partial charge in [0.1, 0.15) is 18.2 Å². The number of carbonyl (C=O) groups is 1. The summed E-state index contributed by atoms with van der Waals surface area (Å²) < 4.78 is 42.2. The van der Waals surface area contributed by atoms with Crippen LogP contribution in [0.5, 0.6) is 5.75 Å². The lowest BCUT2D eigenvalue weighted by Crippen LogP contribution is -2.52. The Morgan fingerprint density at radius 2 is 1.94 bits per heavy atom. The number of anilines is 1. The number of ether oxygens (including phenoxy) is 1. The zero-order valence-corrected chi connectivity index (χ0v) is 20.1. The van der Waals surface area contributed by atoms with Gasteiger partial charge in [-0.2, -0.15) is 0 Å². The Morgan fingerprint density at radius 1 is 1.18 bits per heavy atom. The van der Waals surface area contributed by atoms with E-state index in [4.69, 9.17) is 4.74 Å². The predicted molar refractivity (Wildman–Crippen MR) is 128 cm³/mol. The minimum absolute atomic E-state index is 0. The molecule has 4 rings (SSSR count). The highest BCUT2D eigenvalue weighted by molar-refractivity contribution is 7.90. The van der Waals surface area contributed by atoms with Crippen LogP contribution in [0.4, 0.5) is 14.9 Å². The molecule has 180 valence electrons. The molecule has 2 heterocycles. The zero-order valence-electron chi connectivity index (χ0n) is 18.5. The highest BCUT2D eigenvalue weighted by Crippen LogP contribution is 2.30. The van der Waals surface area contributed by atoms with E-state index in [2.05, 4.69) is 10.2 Å². The lowest BCUT2D eigenvalue weighted by molar-refractivity contribution is 0.160. The molecule has 2 aliphatic heterocycles. The van der Waals surface area contributed by atoms with E-state index in [1.807, 2.05) is 0 Å². The number of fused-ring (bicyclic) bond motifs is 1. The van der Waals surface area contributed by atoms with Gasteiger partial charge >= 0.3 is 6.03 Å². The van der Waals surface area contributed by atoms with E-state index in [1.54, 1.807) is 35.2 Å². The maximum atomic E-state index is 13.0. The number of amides is 2. The molecule has 1 atom stereocenters. The van der Waals surface area contributed by atoms with E-state index in [9.17, 15) is 17.6 Å². The van der Waals surface area contributed by atoms with Crippen molar-refractivity contribution in [1.29, 1.82) is 0 Å². The van der Waals surface area contributed by atoms with Crippen molar-refractivity contribution in [1.82, 2.24) is 10.2 Å². The average Bonchev–Trinajstić information content (AvgIpc) is 3.18. The summed E-state index contributed by atoms with van der Waals surface area (Å²) in [5, 5.41) is 3.14. The van der Waals surface area contributed by atoms with Crippen molar-refractivity contribution in [3.05, 3.63) is 53.8 Å². The van der Waals surface area contributed by atoms with Crippen LogP contribution in [0.1, 0.15) is 18.4 Å². The number of urea groups is 1. The standard InChI is InChI=1S/C23H28FN3O4S.ClH/c1-32(29,30)21-8-9-22-17(15-21)10-12-27(22)23(28)25-19-3-2-11-26(16-19)13-14-31-20-6-4-18(24)5-7-20;/h4-9,15,19H,2-3,10-14,16H2,1H3,(H,25,28);1H. The number of halogens is 2. The number of hydrogen-bond donors (Lipinski definition) is 1. The molecule has 2 aliphatic rings. The first-order chi connectivity index (χ1) is 15.3. The van der Waals surface area contributed by atoms with E-state index in [0.717, 1.165) is 43.7 Å². The lowest BCUT2D eigenvalue weighted by atomic mass is 10.1. The summed E-state index contributed by atoms with van der Waals surface area (Å²) in [5.41, 5.74) is 1.65. The first-order valence-electron chi connectivity index (χ1n) is 10.8. The molecule has 0 radical (unpaired) electrons. The van der Waals surface area contributed by atoms with Crippen LogP contribution in [0, 0.1) is 5.82 Å². The van der Waals surface area contributed by atoms with Crippen LogP contribution in [0.3, 0.4) is 0 Å². The molecule has 1 unspecified atom stereocenters. The zero-order chi connectivity index (χ0) is 22.7. The van der Waals surface area contributed by atoms with Crippen molar-refractivity contribution in [3.8, 4) is 5.75 Å². The summed E-state index contributed by atoms with van der Waals surface area (Å²) in [6.45, 7) is 3.45. The summed E-state index contributed by atoms with van der Waals surface area (Å²) in [5.74, 6) is 0.350. The molecule has 0 spiro atoms. The molecule has 7 nitrogen and oxygen atoms in total. The molecule has 10 heteroatoms. The van der Waals surface area contributed by atoms with Gasteiger partial charge < -0.3 is 10.1 Å². The molecule has 0 bridgehead atoms. The third-order valence-electron chi connectivity index (χ3n) is 5.94. The van der Waals surface area contributed by atoms with Gasteiger partial charge in [-0.05, 0) is 73.8 Å². The summed E-state index contributed by atoms with van der Waals surface area (Å²) in [6.07, 6.45) is 3.72. The third kappa shape index (κ3) is 6.37. The Labute approximate surface area is 200 Å². The Hall–Kier alpha value is -2.36. The Kier molecular flexibility index (Phi) is 8.20. The molecule has 1 N–H and O–H groups in total. The molecule has 2 aromatic carbocycles. The second-order valence-corrected chi connectivity index (χ2v) is 10.4. The number of sulfone groups is 1. The molecule has 0 aromatic heterocycles. The number of nitrogens with zero attached hydrogens (tertiary/aromatic N) is 2. The van der Waals surface area contributed by atoms with Gasteiger partial charge in [-0.1, -0.05) is 0 Å². The van der Waals surface area contributed by atoms with E-state index < -0.39 is 9.84 Å². The van der Waals surface area contributed by atoms with Crippen molar-refractivity contribution >= 4 is 34.0 Å². The number of carbonyl (C=O) groups excluding carboxylic acids is 1. The number of rotatable bonds is 6. The third-order valence-corrected chi connectivity index (χ3v) is 7.05. The first-order valence-corrected chi connectivity index (χ1v) is 12.7. The van der Waals surface area contributed by atoms with E-state index in [0.29, 0.717) is 25.3 Å². The van der Waals surface area contributed by atoms with Crippen LogP contribution in [0.15, 0.2) is 47.4 Å². The SMILES string of the molecule is CS(=O)(=O)c1ccc2c(c1)CCN2C(=O)NC1CCCN(CCOc2ccc(F)cc2)C1.Cl. The van der Waals surface area contributed by atoms with Crippen molar-refractivity contribution in [2.75, 3.05) is 43.9 Å². The fourth-order valence-electron chi connectivity index (χ4n) is 4.27. The van der Waals surface area contributed by atoms with E-state index in [1.165, 1.54) is 18.4 Å². The van der Waals surface area contributed by atoms with Gasteiger partial charge in [0.2, 0.25) is 0 Å². The summed E-state index contributed by atoms with van der Waals surface area (Å²) >= 11 is 0. The summed E-state index contributed by atoms with van der Waals surface area (Å²) in [4.78, 5) is 17.1. The maximum Gasteiger partial charge on any atom is 0.322 e. The van der Waals surface area contributed by atoms with Gasteiger partial charge in [-0.15, -0.1) is 12.4 Å². The molecule has 2 aromatic rings. The topological polar surface area (TPSA) is 79.0 Å². The largest absolute Gasteiger partial charge is 0.492 e. The highest BCUT2D eigenvalue weighted by atomic mass is 35.5. The number of benzene rings is 2. The van der Waals surface area contributed by atoms with Crippen LogP contribution < -0.4 is 15.0 Å². The highest BCUT2D eigenvalue weighted by Gasteiger charge is 2.29. The van der Waals surface area contributed by atoms with Gasteiger partial charge in [-0.3, -0.25) is 9.80 Å². The van der Waals surface area contributed by atoms with E-state index in [-0.39, 0.29) is 35.2 Å². The molecule has 1 saturated heterocycles. The van der Waals surface area contributed by atoms with Gasteiger partial charge in [0.15, 0.2) is 9.84 Å². The quantitative estimate of drug-likeness (QED) is 0.662. The van der Waals surface area contributed by atoms with Crippen LogP contribution >= 0.6 is 12.4 Å². The number of hydrogen-bond acceptors (Lipinski definition) is 5. The number of nitrogens with one attached hydrogen (secondary N) is 1. The maximum absolute atomic E-state index is 13.0. The molecule has 2 amide bonds. The molecule has 1 fully saturated rings. The monoisotopic (exact) mass is 497 g/mol. The van der Waals surface area contributed by atoms with Gasteiger partial charge in [-0.25, -0.2) is 17.6 Å². The van der Waals surface area contributed by atoms with Crippen LogP contribution in [0.25, 0.3) is 0 Å². The average molecular weight is 498 g/mol. The minimum Gasteiger partial charge on any atom is -0.492 e. The van der Waals surface area contributed by atoms with Crippen molar-refractivity contribution < 1.29 is 22.3 Å². The smallest absolute Gasteiger partial charge is 0.322 e.